The van der Waals surface area contributed by atoms with Crippen molar-refractivity contribution in [3.63, 3.8) is 0 Å². The fourth-order valence-corrected chi connectivity index (χ4v) is 7.20. The fourth-order valence-electron chi connectivity index (χ4n) is 7.20. The minimum Gasteiger partial charge on any atom is -0.361 e. The molecule has 1 atom stereocenters. The van der Waals surface area contributed by atoms with Gasteiger partial charge < -0.3 is 19.8 Å². The molecule has 2 fully saturated rings. The smallest absolute Gasteiger partial charge is 0.228 e. The number of rotatable bonds is 4. The lowest BCUT2D eigenvalue weighted by molar-refractivity contribution is -0.137. The zero-order valence-corrected chi connectivity index (χ0v) is 23.0. The number of H-pyrrole nitrogens is 2. The van der Waals surface area contributed by atoms with Crippen LogP contribution in [0.4, 0.5) is 5.69 Å². The zero-order valence-electron chi connectivity index (χ0n) is 23.0. The first kappa shape index (κ1) is 24.7. The lowest BCUT2D eigenvalue weighted by atomic mass is 9.67. The van der Waals surface area contributed by atoms with Gasteiger partial charge in [0.05, 0.1) is 5.92 Å². The highest BCUT2D eigenvalue weighted by Crippen LogP contribution is 2.47. The van der Waals surface area contributed by atoms with Gasteiger partial charge in [0.15, 0.2) is 0 Å². The Morgan fingerprint density at radius 1 is 0.850 bits per heavy atom. The van der Waals surface area contributed by atoms with Crippen LogP contribution >= 0.6 is 0 Å². The number of benzene rings is 3. The summed E-state index contributed by atoms with van der Waals surface area (Å²) in [5.74, 6) is -0.164. The van der Waals surface area contributed by atoms with Crippen LogP contribution in [0, 0.1) is 19.8 Å². The van der Waals surface area contributed by atoms with Gasteiger partial charge in [0.1, 0.15) is 0 Å². The molecular weight excluding hydrogens is 496 g/mol. The average Bonchev–Trinajstić information content (AvgIpc) is 3.70. The third-order valence-corrected chi connectivity index (χ3v) is 9.26. The number of fused-ring (bicyclic) bond motifs is 2. The molecule has 2 N–H and O–H groups in total. The molecule has 2 aromatic heterocycles. The molecule has 0 saturated carbocycles. The number of aromatic nitrogens is 2. The van der Waals surface area contributed by atoms with Crippen molar-refractivity contribution in [1.29, 1.82) is 0 Å². The summed E-state index contributed by atoms with van der Waals surface area (Å²) in [5, 5.41) is 2.47. The Balaban J connectivity index is 1.18. The number of aryl methyl sites for hydroxylation is 2. The van der Waals surface area contributed by atoms with E-state index in [1.54, 1.807) is 0 Å². The Morgan fingerprint density at radius 2 is 1.45 bits per heavy atom. The molecule has 6 heteroatoms. The highest BCUT2D eigenvalue weighted by atomic mass is 16.2. The number of aromatic amines is 2. The number of hydrogen-bond acceptors (Lipinski definition) is 2. The number of carbonyl (C=O) groups is 2. The molecule has 0 bridgehead atoms. The molecule has 3 aromatic carbocycles. The topological polar surface area (TPSA) is 72.2 Å². The molecule has 2 amide bonds. The van der Waals surface area contributed by atoms with E-state index < -0.39 is 0 Å². The highest BCUT2D eigenvalue weighted by Gasteiger charge is 2.44. The molecule has 4 heterocycles. The molecule has 6 nitrogen and oxygen atoms in total. The van der Waals surface area contributed by atoms with Gasteiger partial charge >= 0.3 is 0 Å². The number of amides is 2. The number of carbonyl (C=O) groups excluding carboxylic acids is 2. The summed E-state index contributed by atoms with van der Waals surface area (Å²) in [5.41, 5.74) is 7.77. The summed E-state index contributed by atoms with van der Waals surface area (Å²) in [7, 11) is 0. The predicted octanol–water partition coefficient (Wildman–Crippen LogP) is 6.23. The molecule has 2 saturated heterocycles. The van der Waals surface area contributed by atoms with Crippen LogP contribution in [0.15, 0.2) is 79.1 Å². The largest absolute Gasteiger partial charge is 0.361 e. The third kappa shape index (κ3) is 3.85. The molecule has 0 spiro atoms. The van der Waals surface area contributed by atoms with Crippen molar-refractivity contribution in [2.75, 3.05) is 24.5 Å². The van der Waals surface area contributed by atoms with Crippen molar-refractivity contribution in [2.24, 2.45) is 5.92 Å². The lowest BCUT2D eigenvalue weighted by Gasteiger charge is -2.43. The van der Waals surface area contributed by atoms with Crippen LogP contribution in [0.1, 0.15) is 41.5 Å². The van der Waals surface area contributed by atoms with E-state index in [1.165, 1.54) is 27.5 Å². The van der Waals surface area contributed by atoms with Gasteiger partial charge in [-0.2, -0.15) is 0 Å². The number of hydrogen-bond donors (Lipinski definition) is 2. The van der Waals surface area contributed by atoms with Gasteiger partial charge in [-0.3, -0.25) is 9.59 Å². The monoisotopic (exact) mass is 530 g/mol. The Hall–Kier alpha value is -4.32. The maximum atomic E-state index is 13.8. The van der Waals surface area contributed by atoms with E-state index in [2.05, 4.69) is 83.9 Å². The van der Waals surface area contributed by atoms with E-state index in [1.807, 2.05) is 28.9 Å². The van der Waals surface area contributed by atoms with Crippen LogP contribution in [0.2, 0.25) is 0 Å². The number of anilines is 1. The Kier molecular flexibility index (Phi) is 5.81. The Labute approximate surface area is 234 Å². The van der Waals surface area contributed by atoms with Crippen molar-refractivity contribution >= 4 is 39.3 Å². The van der Waals surface area contributed by atoms with Crippen molar-refractivity contribution in [2.45, 2.75) is 38.5 Å². The standard InChI is InChI=1S/C34H34N4O2/c1-22-11-12-31(23(2)17-22)38-21-24(18-32(38)39)33(40)37-15-13-34(14-16-37,27-19-35-29-9-5-3-7-25(27)29)28-20-36-30-10-6-4-8-26(28)30/h3-12,17,19-20,24,35-36H,13-16,18,21H2,1-2H3/t24-/m1/s1. The first-order valence-corrected chi connectivity index (χ1v) is 14.2. The first-order valence-electron chi connectivity index (χ1n) is 14.2. The first-order chi connectivity index (χ1) is 19.4. The molecule has 2 aliphatic rings. The van der Waals surface area contributed by atoms with E-state index in [9.17, 15) is 9.59 Å². The number of nitrogens with zero attached hydrogens (tertiary/aromatic N) is 2. The van der Waals surface area contributed by atoms with Gasteiger partial charge in [0, 0.05) is 71.4 Å². The van der Waals surface area contributed by atoms with Crippen LogP contribution < -0.4 is 4.90 Å². The van der Waals surface area contributed by atoms with Gasteiger partial charge in [0.25, 0.3) is 0 Å². The quantitative estimate of drug-likeness (QED) is 0.289. The normalized spacial score (nSPS) is 19.1. The van der Waals surface area contributed by atoms with E-state index >= 15 is 0 Å². The van der Waals surface area contributed by atoms with Crippen LogP contribution in [0.3, 0.4) is 0 Å². The number of piperidine rings is 1. The molecule has 40 heavy (non-hydrogen) atoms. The number of likely N-dealkylation sites (tertiary alicyclic amines) is 1. The van der Waals surface area contributed by atoms with E-state index in [-0.39, 0.29) is 29.6 Å². The second kappa shape index (κ2) is 9.40. The Morgan fingerprint density at radius 3 is 2.05 bits per heavy atom. The summed E-state index contributed by atoms with van der Waals surface area (Å²) in [4.78, 5) is 37.6. The second-order valence-corrected chi connectivity index (χ2v) is 11.6. The number of para-hydroxylation sites is 2. The van der Waals surface area contributed by atoms with Crippen molar-refractivity contribution in [3.05, 3.63) is 101 Å². The van der Waals surface area contributed by atoms with E-state index in [0.29, 0.717) is 19.6 Å². The van der Waals surface area contributed by atoms with Crippen LogP contribution in [0.25, 0.3) is 21.8 Å². The van der Waals surface area contributed by atoms with E-state index in [0.717, 1.165) is 35.1 Å². The molecule has 5 aromatic rings. The van der Waals surface area contributed by atoms with Gasteiger partial charge in [-0.05, 0) is 61.6 Å². The molecule has 7 rings (SSSR count). The van der Waals surface area contributed by atoms with Gasteiger partial charge in [-0.1, -0.05) is 54.1 Å². The summed E-state index contributed by atoms with van der Waals surface area (Å²) < 4.78 is 0. The highest BCUT2D eigenvalue weighted by molar-refractivity contribution is 6.01. The molecule has 0 aliphatic carbocycles. The van der Waals surface area contributed by atoms with Crippen molar-refractivity contribution in [3.8, 4) is 0 Å². The molecular formula is C34H34N4O2. The maximum Gasteiger partial charge on any atom is 0.228 e. The van der Waals surface area contributed by atoms with Gasteiger partial charge in [-0.25, -0.2) is 0 Å². The van der Waals surface area contributed by atoms with E-state index in [4.69, 9.17) is 0 Å². The Bertz CT molecular complexity index is 1680. The molecule has 0 unspecified atom stereocenters. The molecule has 2 aliphatic heterocycles. The van der Waals surface area contributed by atoms with Crippen molar-refractivity contribution in [1.82, 2.24) is 14.9 Å². The third-order valence-electron chi connectivity index (χ3n) is 9.26. The maximum absolute atomic E-state index is 13.8. The van der Waals surface area contributed by atoms with Crippen molar-refractivity contribution < 1.29 is 9.59 Å². The lowest BCUT2D eigenvalue weighted by Crippen LogP contribution is -2.47. The van der Waals surface area contributed by atoms with Crippen LogP contribution in [-0.2, 0) is 15.0 Å². The van der Waals surface area contributed by atoms with Gasteiger partial charge in [0.2, 0.25) is 11.8 Å². The summed E-state index contributed by atoms with van der Waals surface area (Å²) in [6.07, 6.45) is 6.26. The second-order valence-electron chi connectivity index (χ2n) is 11.6. The summed E-state index contributed by atoms with van der Waals surface area (Å²) >= 11 is 0. The molecule has 0 radical (unpaired) electrons. The van der Waals surface area contributed by atoms with Crippen LogP contribution in [0.5, 0.6) is 0 Å². The zero-order chi connectivity index (χ0) is 27.4. The summed E-state index contributed by atoms with van der Waals surface area (Å²) in [6.45, 7) is 5.86. The fraction of sp³-hybridized carbons (Fsp3) is 0.294. The van der Waals surface area contributed by atoms with Crippen LogP contribution in [-0.4, -0.2) is 46.3 Å². The molecule has 202 valence electrons. The average molecular weight is 531 g/mol. The minimum atomic E-state index is -0.304. The summed E-state index contributed by atoms with van der Waals surface area (Å²) in [6, 6.07) is 23.1. The SMILES string of the molecule is Cc1ccc(N2C[C@H](C(=O)N3CCC(c4c[nH]c5ccccc45)(c4c[nH]c5ccccc45)CC3)CC2=O)c(C)c1. The minimum absolute atomic E-state index is 0.0363. The van der Waals surface area contributed by atoms with Gasteiger partial charge in [-0.15, -0.1) is 0 Å². The number of nitrogens with one attached hydrogen (secondary N) is 2. The predicted molar refractivity (Wildman–Crippen MR) is 160 cm³/mol.